The molecule has 0 fully saturated rings. The first-order chi connectivity index (χ1) is 12.4. The van der Waals surface area contributed by atoms with Crippen molar-refractivity contribution in [2.24, 2.45) is 5.92 Å². The number of rotatable bonds is 3. The number of hydrogen-bond donors (Lipinski definition) is 1. The van der Waals surface area contributed by atoms with Gasteiger partial charge in [0.2, 0.25) is 0 Å². The molecule has 0 aromatic heterocycles. The molecule has 5 heteroatoms. The average Bonchev–Trinajstić information content (AvgIpc) is 2.78. The van der Waals surface area contributed by atoms with Crippen LogP contribution in [0.3, 0.4) is 0 Å². The largest absolute Gasteiger partial charge is 0.489 e. The highest BCUT2D eigenvalue weighted by atomic mass is 16.5. The maximum absolute atomic E-state index is 12.7. The summed E-state index contributed by atoms with van der Waals surface area (Å²) in [5, 5.41) is 10.6. The lowest BCUT2D eigenvalue weighted by Gasteiger charge is -2.36. The summed E-state index contributed by atoms with van der Waals surface area (Å²) in [4.78, 5) is 36.7. The Morgan fingerprint density at radius 1 is 1.27 bits per heavy atom. The number of ether oxygens (including phenoxy) is 1. The van der Waals surface area contributed by atoms with Crippen molar-refractivity contribution in [3.8, 4) is 0 Å². The second-order valence-corrected chi connectivity index (χ2v) is 7.32. The number of aliphatic hydroxyl groups excluding tert-OH is 1. The van der Waals surface area contributed by atoms with Crippen molar-refractivity contribution in [1.29, 1.82) is 0 Å². The normalized spacial score (nSPS) is 29.0. The molecule has 0 amide bonds. The van der Waals surface area contributed by atoms with Crippen LogP contribution in [0.5, 0.6) is 0 Å². The van der Waals surface area contributed by atoms with Crippen molar-refractivity contribution in [2.75, 3.05) is 0 Å². The van der Waals surface area contributed by atoms with Crippen LogP contribution in [0, 0.1) is 5.92 Å². The number of aliphatic hydroxyl groups is 1. The third-order valence-electron chi connectivity index (χ3n) is 5.07. The molecule has 0 bridgehead atoms. The lowest BCUT2D eigenvalue weighted by atomic mass is 9.77. The summed E-state index contributed by atoms with van der Waals surface area (Å²) in [6, 6.07) is 0. The van der Waals surface area contributed by atoms with Gasteiger partial charge in [0.25, 0.3) is 0 Å². The number of allylic oxidation sites excluding steroid dienone is 5. The van der Waals surface area contributed by atoms with E-state index in [1.165, 1.54) is 6.08 Å². The molecule has 3 unspecified atom stereocenters. The molecule has 3 rings (SSSR count). The van der Waals surface area contributed by atoms with E-state index in [4.69, 9.17) is 4.74 Å². The van der Waals surface area contributed by atoms with Gasteiger partial charge in [0.15, 0.2) is 11.6 Å². The minimum Gasteiger partial charge on any atom is -0.489 e. The lowest BCUT2D eigenvalue weighted by molar-refractivity contribution is -0.130. The Morgan fingerprint density at radius 3 is 2.77 bits per heavy atom. The maximum atomic E-state index is 12.7. The van der Waals surface area contributed by atoms with Gasteiger partial charge in [-0.3, -0.25) is 14.4 Å². The van der Waals surface area contributed by atoms with Gasteiger partial charge in [-0.05, 0) is 38.3 Å². The van der Waals surface area contributed by atoms with Gasteiger partial charge in [0.05, 0.1) is 30.4 Å². The number of hydrogen-bond acceptors (Lipinski definition) is 5. The summed E-state index contributed by atoms with van der Waals surface area (Å²) in [7, 11) is 0. The molecule has 3 aliphatic rings. The highest BCUT2D eigenvalue weighted by Crippen LogP contribution is 2.37. The molecule has 138 valence electrons. The van der Waals surface area contributed by atoms with Crippen LogP contribution in [0.15, 0.2) is 46.8 Å². The van der Waals surface area contributed by atoms with Crippen LogP contribution in [0.1, 0.15) is 46.0 Å². The van der Waals surface area contributed by atoms with E-state index in [-0.39, 0.29) is 35.8 Å². The van der Waals surface area contributed by atoms with Crippen LogP contribution >= 0.6 is 0 Å². The van der Waals surface area contributed by atoms with E-state index in [1.54, 1.807) is 6.08 Å². The monoisotopic (exact) mass is 356 g/mol. The van der Waals surface area contributed by atoms with Gasteiger partial charge in [0, 0.05) is 6.42 Å². The van der Waals surface area contributed by atoms with Gasteiger partial charge in [-0.15, -0.1) is 0 Å². The minimum atomic E-state index is -1.12. The molecular formula is C21H24O5. The molecule has 2 aliphatic carbocycles. The van der Waals surface area contributed by atoms with E-state index < -0.39 is 18.1 Å². The zero-order chi connectivity index (χ0) is 18.8. The van der Waals surface area contributed by atoms with E-state index in [2.05, 4.69) is 0 Å². The predicted molar refractivity (Wildman–Crippen MR) is 96.2 cm³/mol. The Bertz CT molecular complexity index is 761. The standard InChI is InChI=1S/C21H24O5/c1-12(2)6-9-15-16(23)10-19-20(21(15)25)17(24)11-18(26-19)13-4-3-5-14(22)8-7-13/h4,6-8,15,18,21,25H,3,5,9-11H2,1-2H3. The molecule has 0 saturated carbocycles. The molecule has 26 heavy (non-hydrogen) atoms. The second kappa shape index (κ2) is 7.54. The first-order valence-electron chi connectivity index (χ1n) is 9.04. The van der Waals surface area contributed by atoms with Crippen LogP contribution < -0.4 is 0 Å². The lowest BCUT2D eigenvalue weighted by Crippen LogP contribution is -2.42. The quantitative estimate of drug-likeness (QED) is 0.787. The topological polar surface area (TPSA) is 80.7 Å². The fourth-order valence-electron chi connectivity index (χ4n) is 3.61. The van der Waals surface area contributed by atoms with E-state index in [0.29, 0.717) is 25.0 Å². The molecule has 0 saturated heterocycles. The molecule has 3 atom stereocenters. The van der Waals surface area contributed by atoms with Crippen molar-refractivity contribution < 1.29 is 24.2 Å². The van der Waals surface area contributed by atoms with Crippen LogP contribution in [0.4, 0.5) is 0 Å². The molecule has 0 spiro atoms. The Balaban J connectivity index is 1.84. The molecule has 0 radical (unpaired) electrons. The molecule has 0 aromatic rings. The minimum absolute atomic E-state index is 0.0336. The summed E-state index contributed by atoms with van der Waals surface area (Å²) >= 11 is 0. The number of carbonyl (C=O) groups is 3. The van der Waals surface area contributed by atoms with Gasteiger partial charge in [0.1, 0.15) is 17.6 Å². The summed E-state index contributed by atoms with van der Waals surface area (Å²) in [6.45, 7) is 3.87. The van der Waals surface area contributed by atoms with Gasteiger partial charge in [-0.1, -0.05) is 23.8 Å². The Morgan fingerprint density at radius 2 is 2.04 bits per heavy atom. The Labute approximate surface area is 153 Å². The SMILES string of the molecule is CC(C)=CCC1C(=O)CC2=C(C(=O)CC(C3=CCCC(=O)C=C3)O2)C1O. The van der Waals surface area contributed by atoms with E-state index in [1.807, 2.05) is 26.0 Å². The predicted octanol–water partition coefficient (Wildman–Crippen LogP) is 2.75. The van der Waals surface area contributed by atoms with Crippen molar-refractivity contribution in [3.05, 3.63) is 46.8 Å². The number of carbonyl (C=O) groups excluding carboxylic acids is 3. The van der Waals surface area contributed by atoms with E-state index in [0.717, 1.165) is 11.1 Å². The van der Waals surface area contributed by atoms with Crippen LogP contribution in [0.2, 0.25) is 0 Å². The zero-order valence-electron chi connectivity index (χ0n) is 15.2. The summed E-state index contributed by atoms with van der Waals surface area (Å²) in [5.41, 5.74) is 2.10. The maximum Gasteiger partial charge on any atom is 0.168 e. The Hall–Kier alpha value is -2.27. The number of Topliss-reactive ketones (excluding diaryl/α,β-unsaturated/α-hetero) is 2. The highest BCUT2D eigenvalue weighted by molar-refractivity contribution is 6.02. The summed E-state index contributed by atoms with van der Waals surface area (Å²) in [6.07, 6.45) is 7.01. The van der Waals surface area contributed by atoms with Gasteiger partial charge >= 0.3 is 0 Å². The Kier molecular flexibility index (Phi) is 5.37. The third-order valence-corrected chi connectivity index (χ3v) is 5.07. The van der Waals surface area contributed by atoms with Crippen molar-refractivity contribution >= 4 is 17.3 Å². The molecule has 0 aromatic carbocycles. The average molecular weight is 356 g/mol. The van der Waals surface area contributed by atoms with Crippen molar-refractivity contribution in [1.82, 2.24) is 0 Å². The smallest absolute Gasteiger partial charge is 0.168 e. The van der Waals surface area contributed by atoms with Crippen molar-refractivity contribution in [3.63, 3.8) is 0 Å². The van der Waals surface area contributed by atoms with E-state index >= 15 is 0 Å². The summed E-state index contributed by atoms with van der Waals surface area (Å²) in [5.74, 6) is -0.542. The molecular weight excluding hydrogens is 332 g/mol. The fraction of sp³-hybridized carbons (Fsp3) is 0.476. The van der Waals surface area contributed by atoms with Crippen LogP contribution in [-0.4, -0.2) is 34.7 Å². The first kappa shape index (κ1) is 18.5. The molecule has 1 N–H and O–H groups in total. The summed E-state index contributed by atoms with van der Waals surface area (Å²) < 4.78 is 5.94. The fourth-order valence-corrected chi connectivity index (χ4v) is 3.61. The molecule has 1 aliphatic heterocycles. The van der Waals surface area contributed by atoms with Crippen LogP contribution in [-0.2, 0) is 19.1 Å². The van der Waals surface area contributed by atoms with Crippen molar-refractivity contribution in [2.45, 2.75) is 58.2 Å². The number of ketones is 3. The second-order valence-electron chi connectivity index (χ2n) is 7.32. The van der Waals surface area contributed by atoms with E-state index in [9.17, 15) is 19.5 Å². The van der Waals surface area contributed by atoms with Crippen LogP contribution in [0.25, 0.3) is 0 Å². The molecule has 1 heterocycles. The first-order valence-corrected chi connectivity index (χ1v) is 9.04. The van der Waals surface area contributed by atoms with Gasteiger partial charge in [-0.2, -0.15) is 0 Å². The highest BCUT2D eigenvalue weighted by Gasteiger charge is 2.43. The zero-order valence-corrected chi connectivity index (χ0v) is 15.2. The molecule has 5 nitrogen and oxygen atoms in total. The third kappa shape index (κ3) is 3.78. The van der Waals surface area contributed by atoms with Gasteiger partial charge in [-0.25, -0.2) is 0 Å². The van der Waals surface area contributed by atoms with Gasteiger partial charge < -0.3 is 9.84 Å².